The average Bonchev–Trinajstić information content (AvgIpc) is 3.44. The lowest BCUT2D eigenvalue weighted by Gasteiger charge is -2.14. The zero-order valence-corrected chi connectivity index (χ0v) is 22.4. The number of nitrogens with zero attached hydrogens (tertiary/aromatic N) is 6. The molecule has 1 N–H and O–H groups in total. The van der Waals surface area contributed by atoms with Crippen LogP contribution in [-0.2, 0) is 11.8 Å². The smallest absolute Gasteiger partial charge is 0.295 e. The molecule has 5 rings (SSSR count). The van der Waals surface area contributed by atoms with E-state index in [4.69, 9.17) is 11.6 Å². The predicted molar refractivity (Wildman–Crippen MR) is 149 cm³/mol. The van der Waals surface area contributed by atoms with Gasteiger partial charge in [0.1, 0.15) is 5.69 Å². The maximum Gasteiger partial charge on any atom is 0.295 e. The number of halogens is 1. The van der Waals surface area contributed by atoms with Crippen molar-refractivity contribution in [2.24, 2.45) is 7.05 Å². The third-order valence-corrected chi connectivity index (χ3v) is 7.41. The predicted octanol–water partition coefficient (Wildman–Crippen LogP) is 4.90. The van der Waals surface area contributed by atoms with E-state index in [2.05, 4.69) is 20.5 Å². The van der Waals surface area contributed by atoms with E-state index in [1.54, 1.807) is 50.1 Å². The van der Waals surface area contributed by atoms with Gasteiger partial charge in [0.15, 0.2) is 11.0 Å². The van der Waals surface area contributed by atoms with Crippen LogP contribution in [0, 0.1) is 6.92 Å². The highest BCUT2D eigenvalue weighted by Gasteiger charge is 2.25. The molecule has 1 unspecified atom stereocenters. The summed E-state index contributed by atoms with van der Waals surface area (Å²) in [6.07, 6.45) is 3.37. The highest BCUT2D eigenvalue weighted by Crippen LogP contribution is 2.31. The molecule has 0 saturated heterocycles. The van der Waals surface area contributed by atoms with E-state index in [-0.39, 0.29) is 17.2 Å². The highest BCUT2D eigenvalue weighted by molar-refractivity contribution is 8.00. The zero-order chi connectivity index (χ0) is 26.8. The Kier molecular flexibility index (Phi) is 7.17. The average molecular weight is 546 g/mol. The van der Waals surface area contributed by atoms with Crippen LogP contribution in [0.1, 0.15) is 12.6 Å². The van der Waals surface area contributed by atoms with Crippen LogP contribution in [0.5, 0.6) is 0 Å². The number of nitrogens with one attached hydrogen (secondary N) is 1. The summed E-state index contributed by atoms with van der Waals surface area (Å²) in [4.78, 5) is 30.6. The first-order chi connectivity index (χ1) is 18.3. The van der Waals surface area contributed by atoms with Crippen LogP contribution in [0.25, 0.3) is 22.8 Å². The largest absolute Gasteiger partial charge is 0.319 e. The third kappa shape index (κ3) is 4.88. The standard InChI is InChI=1S/C27H24ClN7O2S/c1-17-23(26(37)35(33(17)3)22-7-5-4-6-8-22)30-25(36)18(2)38-27-32-31-24(19-13-15-29-16-14-19)34(27)21-11-9-20(28)10-12-21/h4-16,18H,1-3H3,(H,30,36). The minimum atomic E-state index is -0.584. The van der Waals surface area contributed by atoms with Crippen molar-refractivity contribution in [3.05, 3.63) is 100 Å². The first kappa shape index (κ1) is 25.5. The molecule has 2 aromatic carbocycles. The molecule has 0 spiro atoms. The van der Waals surface area contributed by atoms with Gasteiger partial charge in [-0.05, 0) is 62.4 Å². The van der Waals surface area contributed by atoms with Crippen LogP contribution in [0.3, 0.4) is 0 Å². The molecular formula is C27H24ClN7O2S. The topological polar surface area (TPSA) is 99.6 Å². The van der Waals surface area contributed by atoms with Crippen molar-refractivity contribution in [2.45, 2.75) is 24.3 Å². The Hall–Kier alpha value is -4.15. The van der Waals surface area contributed by atoms with Crippen LogP contribution in [-0.4, -0.2) is 40.3 Å². The molecule has 0 fully saturated rings. The number of hydrogen-bond donors (Lipinski definition) is 1. The fourth-order valence-electron chi connectivity index (χ4n) is 4.01. The number of carbonyl (C=O) groups excluding carboxylic acids is 1. The molecule has 1 atom stereocenters. The van der Waals surface area contributed by atoms with Gasteiger partial charge in [-0.1, -0.05) is 41.6 Å². The quantitative estimate of drug-likeness (QED) is 0.292. The summed E-state index contributed by atoms with van der Waals surface area (Å²) in [5, 5.41) is 12.2. The molecule has 0 aliphatic carbocycles. The summed E-state index contributed by atoms with van der Waals surface area (Å²) >= 11 is 7.36. The molecule has 9 nitrogen and oxygen atoms in total. The number of carbonyl (C=O) groups is 1. The summed E-state index contributed by atoms with van der Waals surface area (Å²) < 4.78 is 5.13. The number of hydrogen-bond acceptors (Lipinski definition) is 6. The Balaban J connectivity index is 1.44. The number of para-hydroxylation sites is 1. The summed E-state index contributed by atoms with van der Waals surface area (Å²) in [5.74, 6) is 0.284. The summed E-state index contributed by atoms with van der Waals surface area (Å²) in [6.45, 7) is 3.56. The molecule has 0 aliphatic heterocycles. The number of aromatic nitrogens is 6. The van der Waals surface area contributed by atoms with Crippen molar-refractivity contribution < 1.29 is 4.79 Å². The second kappa shape index (κ2) is 10.7. The summed E-state index contributed by atoms with van der Waals surface area (Å²) in [6, 6.07) is 20.3. The van der Waals surface area contributed by atoms with Crippen LogP contribution >= 0.6 is 23.4 Å². The number of benzene rings is 2. The minimum absolute atomic E-state index is 0.241. The number of anilines is 1. The number of thioether (sulfide) groups is 1. The van der Waals surface area contributed by atoms with Gasteiger partial charge < -0.3 is 5.32 Å². The van der Waals surface area contributed by atoms with Crippen LogP contribution in [0.15, 0.2) is 89.1 Å². The van der Waals surface area contributed by atoms with E-state index in [0.717, 1.165) is 11.3 Å². The lowest BCUT2D eigenvalue weighted by Crippen LogP contribution is -2.27. The first-order valence-corrected chi connectivity index (χ1v) is 13.0. The maximum absolute atomic E-state index is 13.3. The molecule has 38 heavy (non-hydrogen) atoms. The fraction of sp³-hybridized carbons (Fsp3) is 0.148. The van der Waals surface area contributed by atoms with Gasteiger partial charge in [-0.25, -0.2) is 4.68 Å². The van der Waals surface area contributed by atoms with Crippen LogP contribution < -0.4 is 10.9 Å². The van der Waals surface area contributed by atoms with Gasteiger partial charge in [0.05, 0.1) is 16.6 Å². The molecule has 11 heteroatoms. The lowest BCUT2D eigenvalue weighted by molar-refractivity contribution is -0.115. The summed E-state index contributed by atoms with van der Waals surface area (Å²) in [7, 11) is 1.78. The van der Waals surface area contributed by atoms with Gasteiger partial charge in [-0.3, -0.25) is 23.8 Å². The first-order valence-electron chi connectivity index (χ1n) is 11.8. The Morgan fingerprint density at radius 2 is 1.66 bits per heavy atom. The zero-order valence-electron chi connectivity index (χ0n) is 20.9. The van der Waals surface area contributed by atoms with Gasteiger partial charge in [0.2, 0.25) is 5.91 Å². The van der Waals surface area contributed by atoms with E-state index in [0.29, 0.717) is 27.4 Å². The van der Waals surface area contributed by atoms with E-state index in [1.165, 1.54) is 16.4 Å². The summed E-state index contributed by atoms with van der Waals surface area (Å²) in [5.41, 5.74) is 2.93. The SMILES string of the molecule is Cc1c(NC(=O)C(C)Sc2nnc(-c3ccncc3)n2-c2ccc(Cl)cc2)c(=O)n(-c2ccccc2)n1C. The maximum atomic E-state index is 13.3. The molecular weight excluding hydrogens is 522 g/mol. The van der Waals surface area contributed by atoms with Crippen molar-refractivity contribution in [1.82, 2.24) is 29.1 Å². The molecule has 0 radical (unpaired) electrons. The number of amides is 1. The van der Waals surface area contributed by atoms with Crippen LogP contribution in [0.2, 0.25) is 5.02 Å². The van der Waals surface area contributed by atoms with Gasteiger partial charge >= 0.3 is 0 Å². The Labute approximate surface area is 228 Å². The van der Waals surface area contributed by atoms with Gasteiger partial charge in [-0.15, -0.1) is 10.2 Å². The van der Waals surface area contributed by atoms with E-state index < -0.39 is 5.25 Å². The van der Waals surface area contributed by atoms with Crippen molar-refractivity contribution >= 4 is 35.0 Å². The van der Waals surface area contributed by atoms with Crippen molar-refractivity contribution in [3.8, 4) is 22.8 Å². The molecule has 5 aromatic rings. The number of rotatable bonds is 7. The molecule has 0 bridgehead atoms. The number of pyridine rings is 1. The van der Waals surface area contributed by atoms with Crippen molar-refractivity contribution in [1.29, 1.82) is 0 Å². The Morgan fingerprint density at radius 3 is 2.34 bits per heavy atom. The second-order valence-corrected chi connectivity index (χ2v) is 10.3. The Bertz CT molecular complexity index is 1650. The van der Waals surface area contributed by atoms with Crippen molar-refractivity contribution in [3.63, 3.8) is 0 Å². The van der Waals surface area contributed by atoms with E-state index >= 15 is 0 Å². The fourth-order valence-corrected chi connectivity index (χ4v) is 5.00. The highest BCUT2D eigenvalue weighted by atomic mass is 35.5. The molecule has 1 amide bonds. The van der Waals surface area contributed by atoms with Gasteiger partial charge in [0.25, 0.3) is 5.56 Å². The lowest BCUT2D eigenvalue weighted by atomic mass is 10.2. The molecule has 0 saturated carbocycles. The monoisotopic (exact) mass is 545 g/mol. The van der Waals surface area contributed by atoms with E-state index in [1.807, 2.05) is 59.2 Å². The Morgan fingerprint density at radius 1 is 0.974 bits per heavy atom. The second-order valence-electron chi connectivity index (χ2n) is 8.54. The molecule has 3 aromatic heterocycles. The van der Waals surface area contributed by atoms with Gasteiger partial charge in [0, 0.05) is 35.7 Å². The normalized spacial score (nSPS) is 11.9. The molecule has 0 aliphatic rings. The minimum Gasteiger partial charge on any atom is -0.319 e. The molecule has 192 valence electrons. The van der Waals surface area contributed by atoms with Crippen molar-refractivity contribution in [2.75, 3.05) is 5.32 Å². The van der Waals surface area contributed by atoms with Gasteiger partial charge in [-0.2, -0.15) is 0 Å². The third-order valence-electron chi connectivity index (χ3n) is 6.11. The molecule has 3 heterocycles. The van der Waals surface area contributed by atoms with E-state index in [9.17, 15) is 9.59 Å². The van der Waals surface area contributed by atoms with Crippen LogP contribution in [0.4, 0.5) is 5.69 Å².